The number of nitrogens with one attached hydrogen (secondary N) is 1. The van der Waals surface area contributed by atoms with Crippen molar-refractivity contribution in [1.82, 2.24) is 0 Å². The number of anilines is 1. The van der Waals surface area contributed by atoms with Gasteiger partial charge in [-0.05, 0) is 56.0 Å². The fraction of sp³-hybridized carbons (Fsp3) is 0.500. The molecular weight excluding hydrogens is 248 g/mol. The normalized spacial score (nSPS) is 23.1. The van der Waals surface area contributed by atoms with E-state index in [0.717, 1.165) is 30.5 Å². The third-order valence-electron chi connectivity index (χ3n) is 3.74. The van der Waals surface area contributed by atoms with Gasteiger partial charge in [0, 0.05) is 16.6 Å². The maximum absolute atomic E-state index is 12.2. The SMILES string of the molecule is Cc1cc(Cl)ccc1NC(=O)C1CCCC1CN. The molecule has 0 radical (unpaired) electrons. The van der Waals surface area contributed by atoms with Gasteiger partial charge >= 0.3 is 0 Å². The predicted molar refractivity (Wildman–Crippen MR) is 74.7 cm³/mol. The number of halogens is 1. The fourth-order valence-corrected chi connectivity index (χ4v) is 2.88. The van der Waals surface area contributed by atoms with Gasteiger partial charge in [0.05, 0.1) is 0 Å². The number of carbonyl (C=O) groups is 1. The summed E-state index contributed by atoms with van der Waals surface area (Å²) in [4.78, 5) is 12.2. The molecule has 4 heteroatoms. The zero-order chi connectivity index (χ0) is 13.1. The topological polar surface area (TPSA) is 55.1 Å². The zero-order valence-corrected chi connectivity index (χ0v) is 11.3. The second-order valence-corrected chi connectivity index (χ2v) is 5.42. The van der Waals surface area contributed by atoms with Crippen LogP contribution in [0.1, 0.15) is 24.8 Å². The number of hydrogen-bond acceptors (Lipinski definition) is 2. The molecule has 2 unspecified atom stereocenters. The molecule has 1 saturated carbocycles. The summed E-state index contributed by atoms with van der Waals surface area (Å²) in [6.45, 7) is 2.54. The number of carbonyl (C=O) groups excluding carboxylic acids is 1. The van der Waals surface area contributed by atoms with Crippen molar-refractivity contribution < 1.29 is 4.79 Å². The van der Waals surface area contributed by atoms with Crippen molar-refractivity contribution in [2.75, 3.05) is 11.9 Å². The Bertz CT molecular complexity index is 447. The van der Waals surface area contributed by atoms with Crippen LogP contribution in [-0.4, -0.2) is 12.5 Å². The number of benzene rings is 1. The number of amides is 1. The van der Waals surface area contributed by atoms with Crippen molar-refractivity contribution in [3.63, 3.8) is 0 Å². The van der Waals surface area contributed by atoms with Gasteiger partial charge in [0.15, 0.2) is 0 Å². The standard InChI is InChI=1S/C14H19ClN2O/c1-9-7-11(15)5-6-13(9)17-14(18)12-4-2-3-10(12)8-16/h5-7,10,12H,2-4,8,16H2,1H3,(H,17,18). The average molecular weight is 267 g/mol. The summed E-state index contributed by atoms with van der Waals surface area (Å²) in [5.74, 6) is 0.482. The van der Waals surface area contributed by atoms with Crippen LogP contribution in [0.3, 0.4) is 0 Å². The molecule has 1 aliphatic rings. The minimum Gasteiger partial charge on any atom is -0.330 e. The molecule has 1 amide bonds. The van der Waals surface area contributed by atoms with E-state index >= 15 is 0 Å². The monoisotopic (exact) mass is 266 g/mol. The van der Waals surface area contributed by atoms with Gasteiger partial charge < -0.3 is 11.1 Å². The molecule has 18 heavy (non-hydrogen) atoms. The lowest BCUT2D eigenvalue weighted by molar-refractivity contribution is -0.120. The third kappa shape index (κ3) is 2.85. The molecule has 0 bridgehead atoms. The van der Waals surface area contributed by atoms with Gasteiger partial charge in [-0.1, -0.05) is 18.0 Å². The van der Waals surface area contributed by atoms with E-state index in [1.807, 2.05) is 19.1 Å². The minimum atomic E-state index is 0.0603. The van der Waals surface area contributed by atoms with Crippen molar-refractivity contribution in [2.24, 2.45) is 17.6 Å². The molecule has 3 nitrogen and oxygen atoms in total. The van der Waals surface area contributed by atoms with Crippen molar-refractivity contribution in [1.29, 1.82) is 0 Å². The summed E-state index contributed by atoms with van der Waals surface area (Å²) >= 11 is 5.90. The number of hydrogen-bond donors (Lipinski definition) is 2. The van der Waals surface area contributed by atoms with Crippen LogP contribution >= 0.6 is 11.6 Å². The van der Waals surface area contributed by atoms with E-state index in [1.54, 1.807) is 6.07 Å². The lowest BCUT2D eigenvalue weighted by Gasteiger charge is -2.18. The highest BCUT2D eigenvalue weighted by atomic mass is 35.5. The summed E-state index contributed by atoms with van der Waals surface area (Å²) in [6, 6.07) is 5.49. The van der Waals surface area contributed by atoms with Crippen LogP contribution in [0.4, 0.5) is 5.69 Å². The van der Waals surface area contributed by atoms with E-state index in [0.29, 0.717) is 17.5 Å². The van der Waals surface area contributed by atoms with E-state index in [4.69, 9.17) is 17.3 Å². The highest BCUT2D eigenvalue weighted by molar-refractivity contribution is 6.30. The molecule has 0 heterocycles. The van der Waals surface area contributed by atoms with Crippen LogP contribution in [0, 0.1) is 18.8 Å². The Balaban J connectivity index is 2.07. The second-order valence-electron chi connectivity index (χ2n) is 4.98. The number of rotatable bonds is 3. The molecule has 0 spiro atoms. The van der Waals surface area contributed by atoms with Crippen molar-refractivity contribution >= 4 is 23.2 Å². The molecule has 0 aromatic heterocycles. The maximum atomic E-state index is 12.2. The third-order valence-corrected chi connectivity index (χ3v) is 3.98. The zero-order valence-electron chi connectivity index (χ0n) is 10.6. The molecule has 1 fully saturated rings. The minimum absolute atomic E-state index is 0.0603. The molecule has 1 aliphatic carbocycles. The fourth-order valence-electron chi connectivity index (χ4n) is 2.66. The predicted octanol–water partition coefficient (Wildman–Crippen LogP) is 2.96. The first-order chi connectivity index (χ1) is 8.61. The summed E-state index contributed by atoms with van der Waals surface area (Å²) in [5.41, 5.74) is 7.53. The first kappa shape index (κ1) is 13.4. The van der Waals surface area contributed by atoms with Crippen LogP contribution in [0.2, 0.25) is 5.02 Å². The average Bonchev–Trinajstić information content (AvgIpc) is 2.81. The smallest absolute Gasteiger partial charge is 0.227 e. The maximum Gasteiger partial charge on any atom is 0.227 e. The lowest BCUT2D eigenvalue weighted by atomic mass is 9.95. The highest BCUT2D eigenvalue weighted by Gasteiger charge is 2.31. The van der Waals surface area contributed by atoms with Crippen LogP contribution in [0.25, 0.3) is 0 Å². The van der Waals surface area contributed by atoms with E-state index < -0.39 is 0 Å². The van der Waals surface area contributed by atoms with Gasteiger partial charge in [0.1, 0.15) is 0 Å². The van der Waals surface area contributed by atoms with Crippen LogP contribution in [0.15, 0.2) is 18.2 Å². The van der Waals surface area contributed by atoms with Crippen molar-refractivity contribution in [2.45, 2.75) is 26.2 Å². The summed E-state index contributed by atoms with van der Waals surface area (Å²) < 4.78 is 0. The Labute approximate surface area is 113 Å². The summed E-state index contributed by atoms with van der Waals surface area (Å²) in [6.07, 6.45) is 3.11. The molecule has 1 aromatic carbocycles. The molecule has 0 aliphatic heterocycles. The van der Waals surface area contributed by atoms with Crippen LogP contribution < -0.4 is 11.1 Å². The second kappa shape index (κ2) is 5.72. The van der Waals surface area contributed by atoms with E-state index in [1.165, 1.54) is 0 Å². The number of nitrogens with two attached hydrogens (primary N) is 1. The van der Waals surface area contributed by atoms with Crippen LogP contribution in [-0.2, 0) is 4.79 Å². The Morgan fingerprint density at radius 2 is 2.28 bits per heavy atom. The first-order valence-corrected chi connectivity index (χ1v) is 6.76. The molecule has 2 atom stereocenters. The molecular formula is C14H19ClN2O. The quantitative estimate of drug-likeness (QED) is 0.884. The van der Waals surface area contributed by atoms with Gasteiger partial charge in [-0.2, -0.15) is 0 Å². The lowest BCUT2D eigenvalue weighted by Crippen LogP contribution is -2.29. The van der Waals surface area contributed by atoms with Gasteiger partial charge in [-0.3, -0.25) is 4.79 Å². The van der Waals surface area contributed by atoms with Crippen molar-refractivity contribution in [3.8, 4) is 0 Å². The molecule has 1 aromatic rings. The summed E-state index contributed by atoms with van der Waals surface area (Å²) in [5, 5.41) is 3.68. The highest BCUT2D eigenvalue weighted by Crippen LogP contribution is 2.32. The Morgan fingerprint density at radius 1 is 1.50 bits per heavy atom. The van der Waals surface area contributed by atoms with E-state index in [-0.39, 0.29) is 11.8 Å². The first-order valence-electron chi connectivity index (χ1n) is 6.39. The molecule has 2 rings (SSSR count). The van der Waals surface area contributed by atoms with Gasteiger partial charge in [0.25, 0.3) is 0 Å². The number of aryl methyl sites for hydroxylation is 1. The largest absolute Gasteiger partial charge is 0.330 e. The van der Waals surface area contributed by atoms with Gasteiger partial charge in [-0.25, -0.2) is 0 Å². The van der Waals surface area contributed by atoms with Gasteiger partial charge in [-0.15, -0.1) is 0 Å². The molecule has 0 saturated heterocycles. The van der Waals surface area contributed by atoms with Crippen LogP contribution in [0.5, 0.6) is 0 Å². The van der Waals surface area contributed by atoms with Crippen molar-refractivity contribution in [3.05, 3.63) is 28.8 Å². The molecule has 3 N–H and O–H groups in total. The Morgan fingerprint density at radius 3 is 2.94 bits per heavy atom. The summed E-state index contributed by atoms with van der Waals surface area (Å²) in [7, 11) is 0. The van der Waals surface area contributed by atoms with E-state index in [2.05, 4.69) is 5.32 Å². The molecule has 98 valence electrons. The Kier molecular flexibility index (Phi) is 4.25. The van der Waals surface area contributed by atoms with E-state index in [9.17, 15) is 4.79 Å². The van der Waals surface area contributed by atoms with Gasteiger partial charge in [0.2, 0.25) is 5.91 Å². The Hall–Kier alpha value is -1.06.